The summed E-state index contributed by atoms with van der Waals surface area (Å²) < 4.78 is 23.4. The molecule has 0 radical (unpaired) electrons. The topological polar surface area (TPSA) is 64.6 Å². The first-order valence-electron chi connectivity index (χ1n) is 6.56. The van der Waals surface area contributed by atoms with E-state index in [0.29, 0.717) is 0 Å². The van der Waals surface area contributed by atoms with Crippen molar-refractivity contribution in [3.05, 3.63) is 63.9 Å². The lowest BCUT2D eigenvalue weighted by atomic mass is 10.2. The van der Waals surface area contributed by atoms with Crippen molar-refractivity contribution in [3.63, 3.8) is 0 Å². The molecule has 23 heavy (non-hydrogen) atoms. The first-order valence-corrected chi connectivity index (χ1v) is 7.35. The Balaban J connectivity index is 2.06. The van der Waals surface area contributed by atoms with Gasteiger partial charge in [0.2, 0.25) is 0 Å². The van der Waals surface area contributed by atoms with Crippen molar-refractivity contribution in [3.8, 4) is 0 Å². The third-order valence-electron chi connectivity index (χ3n) is 2.89. The fourth-order valence-electron chi connectivity index (χ4n) is 1.80. The van der Waals surface area contributed by atoms with Gasteiger partial charge in [0.1, 0.15) is 6.61 Å². The van der Waals surface area contributed by atoms with Crippen LogP contribution in [0.5, 0.6) is 0 Å². The van der Waals surface area contributed by atoms with E-state index in [1.807, 2.05) is 30.3 Å². The van der Waals surface area contributed by atoms with Crippen molar-refractivity contribution in [1.82, 2.24) is 0 Å². The summed E-state index contributed by atoms with van der Waals surface area (Å²) in [5.41, 5.74) is 0.746. The van der Waals surface area contributed by atoms with E-state index < -0.39 is 17.9 Å². The molecule has 1 amide bonds. The Bertz CT molecular complexity index is 722. The summed E-state index contributed by atoms with van der Waals surface area (Å²) in [6.45, 7) is 0.0961. The SMILES string of the molecule is COC(=O)c1cc(NC(=O)OCc2ccccc2)cc(Br)c1F. The molecular weight excluding hydrogens is 369 g/mol. The zero-order chi connectivity index (χ0) is 16.8. The van der Waals surface area contributed by atoms with E-state index in [2.05, 4.69) is 26.0 Å². The Morgan fingerprint density at radius 1 is 1.22 bits per heavy atom. The van der Waals surface area contributed by atoms with E-state index in [4.69, 9.17) is 4.74 Å². The van der Waals surface area contributed by atoms with Crippen LogP contribution in [-0.4, -0.2) is 19.2 Å². The molecule has 0 saturated heterocycles. The molecule has 0 heterocycles. The Labute approximate surface area is 140 Å². The van der Waals surface area contributed by atoms with Gasteiger partial charge in [-0.05, 0) is 33.6 Å². The number of hydrogen-bond acceptors (Lipinski definition) is 4. The summed E-state index contributed by atoms with van der Waals surface area (Å²) >= 11 is 2.99. The van der Waals surface area contributed by atoms with Crippen molar-refractivity contribution >= 4 is 33.7 Å². The molecule has 0 bridgehead atoms. The van der Waals surface area contributed by atoms with Gasteiger partial charge >= 0.3 is 12.1 Å². The largest absolute Gasteiger partial charge is 0.465 e. The fourth-order valence-corrected chi connectivity index (χ4v) is 2.26. The summed E-state index contributed by atoms with van der Waals surface area (Å²) in [6, 6.07) is 11.6. The second-order valence-corrected chi connectivity index (χ2v) is 5.35. The van der Waals surface area contributed by atoms with Crippen LogP contribution in [0.25, 0.3) is 0 Å². The number of nitrogens with one attached hydrogen (secondary N) is 1. The van der Waals surface area contributed by atoms with Crippen LogP contribution in [0.4, 0.5) is 14.9 Å². The first kappa shape index (κ1) is 17.0. The highest BCUT2D eigenvalue weighted by Gasteiger charge is 2.17. The summed E-state index contributed by atoms with van der Waals surface area (Å²) in [5.74, 6) is -1.61. The minimum Gasteiger partial charge on any atom is -0.465 e. The third kappa shape index (κ3) is 4.53. The highest BCUT2D eigenvalue weighted by molar-refractivity contribution is 9.10. The Morgan fingerprint density at radius 3 is 2.57 bits per heavy atom. The van der Waals surface area contributed by atoms with Crippen LogP contribution in [-0.2, 0) is 16.1 Å². The standard InChI is InChI=1S/C16H13BrFNO4/c1-22-15(20)12-7-11(8-13(17)14(12)18)19-16(21)23-9-10-5-3-2-4-6-10/h2-8H,9H2,1H3,(H,19,21). The lowest BCUT2D eigenvalue weighted by Crippen LogP contribution is -2.15. The number of methoxy groups -OCH3 is 1. The summed E-state index contributed by atoms with van der Waals surface area (Å²) in [6.07, 6.45) is -0.719. The van der Waals surface area contributed by atoms with E-state index in [1.54, 1.807) is 0 Å². The minimum absolute atomic E-state index is 0.0266. The monoisotopic (exact) mass is 381 g/mol. The highest BCUT2D eigenvalue weighted by Crippen LogP contribution is 2.25. The number of carbonyl (C=O) groups excluding carboxylic acids is 2. The highest BCUT2D eigenvalue weighted by atomic mass is 79.9. The Kier molecular flexibility index (Phi) is 5.70. The maximum absolute atomic E-state index is 13.8. The van der Waals surface area contributed by atoms with Gasteiger partial charge in [-0.25, -0.2) is 14.0 Å². The van der Waals surface area contributed by atoms with Gasteiger partial charge in [-0.1, -0.05) is 30.3 Å². The zero-order valence-corrected chi connectivity index (χ0v) is 13.7. The summed E-state index contributed by atoms with van der Waals surface area (Å²) in [4.78, 5) is 23.3. The van der Waals surface area contributed by atoms with Gasteiger partial charge in [0, 0.05) is 5.69 Å². The minimum atomic E-state index is -0.843. The van der Waals surface area contributed by atoms with Gasteiger partial charge in [0.05, 0.1) is 17.1 Å². The van der Waals surface area contributed by atoms with Gasteiger partial charge in [-0.15, -0.1) is 0 Å². The Hall–Kier alpha value is -2.41. The fraction of sp³-hybridized carbons (Fsp3) is 0.125. The molecule has 0 atom stereocenters. The van der Waals surface area contributed by atoms with E-state index in [-0.39, 0.29) is 22.3 Å². The Morgan fingerprint density at radius 2 is 1.91 bits per heavy atom. The van der Waals surface area contributed by atoms with Crippen LogP contribution in [0.15, 0.2) is 46.9 Å². The average molecular weight is 382 g/mol. The molecule has 120 valence electrons. The van der Waals surface area contributed by atoms with Crippen molar-refractivity contribution in [1.29, 1.82) is 0 Å². The second-order valence-electron chi connectivity index (χ2n) is 4.50. The molecule has 0 saturated carbocycles. The molecular formula is C16H13BrFNO4. The van der Waals surface area contributed by atoms with Crippen LogP contribution in [0.3, 0.4) is 0 Å². The van der Waals surface area contributed by atoms with Crippen LogP contribution < -0.4 is 5.32 Å². The molecule has 0 aliphatic rings. The number of ether oxygens (including phenoxy) is 2. The summed E-state index contributed by atoms with van der Waals surface area (Å²) in [5, 5.41) is 2.43. The number of carbonyl (C=O) groups is 2. The molecule has 0 fully saturated rings. The number of esters is 1. The smallest absolute Gasteiger partial charge is 0.411 e. The quantitative estimate of drug-likeness (QED) is 0.808. The molecule has 7 heteroatoms. The van der Waals surface area contributed by atoms with Crippen LogP contribution >= 0.6 is 15.9 Å². The van der Waals surface area contributed by atoms with Crippen LogP contribution in [0.1, 0.15) is 15.9 Å². The number of hydrogen-bond donors (Lipinski definition) is 1. The van der Waals surface area contributed by atoms with Gasteiger partial charge in [-0.3, -0.25) is 5.32 Å². The van der Waals surface area contributed by atoms with Gasteiger partial charge in [-0.2, -0.15) is 0 Å². The molecule has 2 aromatic carbocycles. The molecule has 5 nitrogen and oxygen atoms in total. The third-order valence-corrected chi connectivity index (χ3v) is 3.47. The molecule has 0 aliphatic carbocycles. The van der Waals surface area contributed by atoms with Gasteiger partial charge in [0.25, 0.3) is 0 Å². The predicted octanol–water partition coefficient (Wildman–Crippen LogP) is 4.12. The van der Waals surface area contributed by atoms with Crippen molar-refractivity contribution in [2.75, 3.05) is 12.4 Å². The van der Waals surface area contributed by atoms with E-state index in [9.17, 15) is 14.0 Å². The molecule has 2 aromatic rings. The normalized spacial score (nSPS) is 10.0. The zero-order valence-electron chi connectivity index (χ0n) is 12.1. The molecule has 2 rings (SSSR count). The second kappa shape index (κ2) is 7.73. The molecule has 0 aliphatic heterocycles. The van der Waals surface area contributed by atoms with Gasteiger partial charge in [0.15, 0.2) is 5.82 Å². The first-order chi connectivity index (χ1) is 11.0. The maximum atomic E-state index is 13.8. The lowest BCUT2D eigenvalue weighted by Gasteiger charge is -2.10. The van der Waals surface area contributed by atoms with Crippen molar-refractivity contribution in [2.45, 2.75) is 6.61 Å². The molecule has 0 aromatic heterocycles. The van der Waals surface area contributed by atoms with Crippen molar-refractivity contribution in [2.24, 2.45) is 0 Å². The summed E-state index contributed by atoms with van der Waals surface area (Å²) in [7, 11) is 1.14. The molecule has 0 unspecified atom stereocenters. The van der Waals surface area contributed by atoms with E-state index in [1.165, 1.54) is 12.1 Å². The average Bonchev–Trinajstić information content (AvgIpc) is 2.56. The van der Waals surface area contributed by atoms with Crippen LogP contribution in [0, 0.1) is 5.82 Å². The van der Waals surface area contributed by atoms with E-state index >= 15 is 0 Å². The lowest BCUT2D eigenvalue weighted by molar-refractivity contribution is 0.0595. The number of halogens is 2. The number of amides is 1. The van der Waals surface area contributed by atoms with Crippen LogP contribution in [0.2, 0.25) is 0 Å². The number of benzene rings is 2. The van der Waals surface area contributed by atoms with Gasteiger partial charge < -0.3 is 9.47 Å². The molecule has 1 N–H and O–H groups in total. The molecule has 0 spiro atoms. The number of anilines is 1. The van der Waals surface area contributed by atoms with E-state index in [0.717, 1.165) is 12.7 Å². The maximum Gasteiger partial charge on any atom is 0.411 e. The predicted molar refractivity (Wildman–Crippen MR) is 85.7 cm³/mol. The van der Waals surface area contributed by atoms with Crippen molar-refractivity contribution < 1.29 is 23.5 Å². The number of rotatable bonds is 4.